The van der Waals surface area contributed by atoms with Crippen molar-refractivity contribution < 1.29 is 97.4 Å². The summed E-state index contributed by atoms with van der Waals surface area (Å²) in [5.74, 6) is -6.98. The fraction of sp³-hybridized carbons (Fsp3) is 0.420. The molecule has 2 aliphatic heterocycles. The number of fused-ring (bicyclic) bond motifs is 10. The Morgan fingerprint density at radius 1 is 0.423 bits per heavy atom. The first-order valence-electron chi connectivity index (χ1n) is 42.5. The maximum absolute atomic E-state index is 15.9. The van der Waals surface area contributed by atoms with Crippen LogP contribution in [0.5, 0.6) is 0 Å². The number of Topliss-reactive ketones (excluding diaryl/α,β-unsaturated/α-hetero) is 2. The van der Waals surface area contributed by atoms with Crippen molar-refractivity contribution in [3.8, 4) is 0 Å². The summed E-state index contributed by atoms with van der Waals surface area (Å²) < 4.78 is 44.9. The van der Waals surface area contributed by atoms with Crippen molar-refractivity contribution >= 4 is 62.2 Å². The van der Waals surface area contributed by atoms with E-state index in [1.54, 1.807) is 97.0 Å². The molecule has 8 aromatic rings. The topological polar surface area (TPSA) is 309 Å². The van der Waals surface area contributed by atoms with E-state index >= 15 is 4.79 Å². The van der Waals surface area contributed by atoms with E-state index in [1.165, 1.54) is 49.6 Å². The molecule has 4 bridgehead atoms. The number of hydrogen-bond acceptors (Lipinski definition) is 20. The zero-order chi connectivity index (χ0) is 88.0. The van der Waals surface area contributed by atoms with Gasteiger partial charge in [0, 0.05) is 50.4 Å². The van der Waals surface area contributed by atoms with Crippen molar-refractivity contribution in [3.63, 3.8) is 0 Å². The van der Waals surface area contributed by atoms with Crippen LogP contribution in [0.3, 0.4) is 0 Å². The summed E-state index contributed by atoms with van der Waals surface area (Å²) in [4.78, 5) is 84.0. The predicted octanol–water partition coefficient (Wildman–Crippen LogP) is 13.0. The third kappa shape index (κ3) is 16.7. The Morgan fingerprint density at radius 3 is 1.01 bits per heavy atom. The first kappa shape index (κ1) is 90.0. The molecule has 2 heterocycles. The first-order chi connectivity index (χ1) is 58.4. The Labute approximate surface area is 726 Å². The molecular weight excluding hydrogens is 1610 g/mol. The van der Waals surface area contributed by atoms with Crippen LogP contribution in [0.25, 0.3) is 0 Å². The van der Waals surface area contributed by atoms with Crippen molar-refractivity contribution in [2.75, 3.05) is 13.2 Å². The Kier molecular flexibility index (Phi) is 25.8. The Balaban J connectivity index is 0.000000169. The van der Waals surface area contributed by atoms with Gasteiger partial charge >= 0.3 is 23.9 Å². The van der Waals surface area contributed by atoms with Gasteiger partial charge in [-0.1, -0.05) is 246 Å². The molecule has 7 N–H and O–H groups in total. The number of carbonyl (C=O) groups excluding carboxylic acids is 6. The molecule has 6 aliphatic carbocycles. The molecule has 123 heavy (non-hydrogen) atoms. The molecule has 0 aromatic heterocycles. The minimum atomic E-state index is -3.22. The van der Waals surface area contributed by atoms with Gasteiger partial charge in [0.25, 0.3) is 0 Å². The maximum atomic E-state index is 15.9. The quantitative estimate of drug-likeness (QED) is 0.0123. The second kappa shape index (κ2) is 35.3. The molecule has 0 spiro atoms. The molecule has 20 nitrogen and oxygen atoms in total. The van der Waals surface area contributed by atoms with E-state index in [1.807, 2.05) is 54.6 Å². The average Bonchev–Trinajstić information content (AvgIpc) is 0.671. The van der Waals surface area contributed by atoms with Crippen LogP contribution in [0.1, 0.15) is 149 Å². The molecule has 648 valence electrons. The van der Waals surface area contributed by atoms with Gasteiger partial charge in [0.2, 0.25) is 8.32 Å². The molecule has 0 radical (unpaired) electrons. The van der Waals surface area contributed by atoms with Crippen molar-refractivity contribution in [1.82, 2.24) is 0 Å². The minimum Gasteiger partial charge on any atom is -0.455 e. The fourth-order valence-corrected chi connectivity index (χ4v) is 31.2. The standard InChI is InChI=1S/C50H56O10Si.C29H36O10.C21H21ClSi/c1-32-38(52)27-50(56)45(58-46(55)37-24-16-9-17-25-37)43-48(5,44(54)42(53)41(32)47(50,3)4)39(26-40-49(43,31-57-40)59-33(2)51)60-61(28-34-18-10-6-11-19-34,29-35-20-12-7-13-21-35)30-36-22-14-8-15-23-36;1-14-17(31)12-29(36)24(38-25(35)16-9-7-6-8-10-16)22-27(5,23(34)21(33)20(14)26(29,3)4)18(32)11-19-28(22,13-37-19)39-15(2)30;22-23(16-19-10-4-1-5-11-19,17-20-12-6-2-7-13-20)18-21-14-8-3-9-15-21/h6-25,38-40,42-43,45,52-53,56H,26-31H2,1-5H3;6-10,17-19,21-22,24,31-33,36H,11-13H2,1-5H3;1-15H,16-18H2/t38-,39-,40+,42+,43?,45-,48+,49-,50+;17-,18-,19+,21+,22?,24-,27+,28-,29+;/m00./s1. The van der Waals surface area contributed by atoms with Crippen molar-refractivity contribution in [2.24, 2.45) is 33.5 Å². The second-order valence-electron chi connectivity index (χ2n) is 36.8. The highest BCUT2D eigenvalue weighted by Gasteiger charge is 2.80. The third-order valence-electron chi connectivity index (χ3n) is 28.4. The van der Waals surface area contributed by atoms with Crippen molar-refractivity contribution in [3.05, 3.63) is 309 Å². The molecule has 4 saturated carbocycles. The SMILES string of the molecule is CC(=O)O[C@@]12CO[C@@H]1C[C@H](O)[C@@]1(C)C(=O)[C@H](O)C3=C(C)[C@@H](O)C[C@@](O)([C@@H](OC(=O)c4ccccc4)C12)C3(C)C.CC(=O)O[C@@]12CO[C@@H]1C[C@H](O[Si](Cc1ccccc1)(Cc1ccccc1)Cc1ccccc1)[C@@]1(C)C(=O)[C@H](O)C3=C(C)[C@@H](O)C[C@@](O)([C@@H](OC(=O)c4ccccc4)C12)C3(C)C.Cl[Si](Cc1ccccc1)(Cc1ccccc1)Cc1ccccc1. The van der Waals surface area contributed by atoms with Crippen LogP contribution in [0, 0.1) is 33.5 Å². The molecular formula is C100H113ClO20Si2. The average molecular weight is 1730 g/mol. The van der Waals surface area contributed by atoms with E-state index < -0.39 is 168 Å². The lowest BCUT2D eigenvalue weighted by atomic mass is 9.44. The lowest BCUT2D eigenvalue weighted by Gasteiger charge is -2.68. The van der Waals surface area contributed by atoms with Crippen LogP contribution >= 0.6 is 11.1 Å². The van der Waals surface area contributed by atoms with Gasteiger partial charge in [-0.3, -0.25) is 19.2 Å². The summed E-state index contributed by atoms with van der Waals surface area (Å²) in [6, 6.07) is 83.5. The van der Waals surface area contributed by atoms with Gasteiger partial charge in [-0.15, -0.1) is 0 Å². The zero-order valence-electron chi connectivity index (χ0n) is 71.3. The fourth-order valence-electron chi connectivity index (χ4n) is 22.1. The van der Waals surface area contributed by atoms with Gasteiger partial charge in [0.05, 0.1) is 71.4 Å². The Morgan fingerprint density at radius 2 is 0.707 bits per heavy atom. The highest BCUT2D eigenvalue weighted by Crippen LogP contribution is 2.67. The number of benzene rings is 8. The Bertz CT molecular complexity index is 5000. The number of aliphatic hydroxyl groups excluding tert-OH is 5. The number of esters is 4. The van der Waals surface area contributed by atoms with Crippen LogP contribution in [0.2, 0.25) is 0 Å². The van der Waals surface area contributed by atoms with E-state index in [0.29, 0.717) is 29.3 Å². The van der Waals surface area contributed by atoms with Crippen molar-refractivity contribution in [1.29, 1.82) is 0 Å². The Hall–Kier alpha value is -9.22. The number of carbonyl (C=O) groups is 6. The normalized spacial score (nSPS) is 31.4. The number of hydrogen-bond donors (Lipinski definition) is 7. The zero-order valence-corrected chi connectivity index (χ0v) is 74.1. The largest absolute Gasteiger partial charge is 0.455 e. The summed E-state index contributed by atoms with van der Waals surface area (Å²) in [7, 11) is -5.22. The van der Waals surface area contributed by atoms with Crippen LogP contribution < -0.4 is 0 Å². The van der Waals surface area contributed by atoms with E-state index in [-0.39, 0.29) is 61.2 Å². The molecule has 6 fully saturated rings. The van der Waals surface area contributed by atoms with Gasteiger partial charge in [0.1, 0.15) is 47.8 Å². The van der Waals surface area contributed by atoms with Crippen LogP contribution in [-0.2, 0) is 88.3 Å². The molecule has 0 amide bonds. The van der Waals surface area contributed by atoms with Gasteiger partial charge in [-0.25, -0.2) is 9.59 Å². The molecule has 2 unspecified atom stereocenters. The summed E-state index contributed by atoms with van der Waals surface area (Å²) in [6.07, 6.45) is -14.0. The van der Waals surface area contributed by atoms with Crippen molar-refractivity contribution in [2.45, 2.75) is 215 Å². The van der Waals surface area contributed by atoms with Gasteiger partial charge in [0.15, 0.2) is 30.2 Å². The van der Waals surface area contributed by atoms with Gasteiger partial charge in [-0.05, 0) is 144 Å². The van der Waals surface area contributed by atoms with E-state index in [4.69, 9.17) is 43.9 Å². The summed E-state index contributed by atoms with van der Waals surface area (Å²) in [5.41, 5.74) is -5.21. The predicted molar refractivity (Wildman–Crippen MR) is 467 cm³/mol. The number of aliphatic hydroxyl groups is 7. The number of ether oxygens (including phenoxy) is 6. The van der Waals surface area contributed by atoms with E-state index in [9.17, 15) is 59.7 Å². The summed E-state index contributed by atoms with van der Waals surface area (Å²) in [5, 5.41) is 84.6. The smallest absolute Gasteiger partial charge is 0.338 e. The lowest BCUT2D eigenvalue weighted by Crippen LogP contribution is -2.82. The van der Waals surface area contributed by atoms with E-state index in [0.717, 1.165) is 34.8 Å². The molecule has 18 atom stereocenters. The van der Waals surface area contributed by atoms with Crippen LogP contribution in [0.4, 0.5) is 0 Å². The van der Waals surface area contributed by atoms with Gasteiger partial charge in [-0.2, -0.15) is 11.1 Å². The number of ketones is 2. The van der Waals surface area contributed by atoms with Gasteiger partial charge < -0.3 is 68.6 Å². The summed E-state index contributed by atoms with van der Waals surface area (Å²) >= 11 is 7.28. The molecule has 2 saturated heterocycles. The number of halogens is 1. The molecule has 23 heteroatoms. The van der Waals surface area contributed by atoms with E-state index in [2.05, 4.69) is 127 Å². The van der Waals surface area contributed by atoms with Crippen LogP contribution in [0.15, 0.2) is 265 Å². The third-order valence-corrected chi connectivity index (χ3v) is 36.7. The maximum Gasteiger partial charge on any atom is 0.338 e. The first-order valence-corrected chi connectivity index (χ1v) is 48.7. The highest BCUT2D eigenvalue weighted by atomic mass is 35.6. The minimum absolute atomic E-state index is 0.0828. The van der Waals surface area contributed by atoms with Crippen LogP contribution in [-0.4, -0.2) is 184 Å². The number of rotatable bonds is 20. The lowest BCUT2D eigenvalue weighted by molar-refractivity contribution is -0.345. The second-order valence-corrected chi connectivity index (χ2v) is 46.2. The molecule has 8 aliphatic rings. The summed E-state index contributed by atoms with van der Waals surface area (Å²) in [6.45, 7) is 15.2. The molecule has 8 aromatic carbocycles. The highest BCUT2D eigenvalue weighted by molar-refractivity contribution is 7.19. The monoisotopic (exact) mass is 1720 g/mol. The molecule has 16 rings (SSSR count).